The molecule has 0 radical (unpaired) electrons. The average Bonchev–Trinajstić information content (AvgIpc) is 2.74. The van der Waals surface area contributed by atoms with Gasteiger partial charge in [0.1, 0.15) is 16.3 Å². The molecule has 0 aliphatic rings. The van der Waals surface area contributed by atoms with Crippen LogP contribution in [-0.4, -0.2) is 9.55 Å². The van der Waals surface area contributed by atoms with Gasteiger partial charge in [0.25, 0.3) is 5.56 Å². The molecule has 0 amide bonds. The minimum atomic E-state index is -0.459. The topological polar surface area (TPSA) is 61.6 Å². The van der Waals surface area contributed by atoms with Gasteiger partial charge in [-0.25, -0.2) is 0 Å². The van der Waals surface area contributed by atoms with Crippen molar-refractivity contribution < 1.29 is 0 Å². The quantitative estimate of drug-likeness (QED) is 0.433. The summed E-state index contributed by atoms with van der Waals surface area (Å²) in [6.07, 6.45) is 1.86. The van der Waals surface area contributed by atoms with Crippen molar-refractivity contribution in [3.05, 3.63) is 105 Å². The smallest absolute Gasteiger partial charge is 0.266 e. The standard InChI is InChI=1S/C23H14ClN3OS/c24-16-10-8-15(9-11-16)21-13-19(20(14-25)22(28)26-21)18-7-4-12-27(23(18)29)17-5-2-1-3-6-17/h1-13H,(H,26,28). The van der Waals surface area contributed by atoms with Gasteiger partial charge in [-0.2, -0.15) is 5.26 Å². The number of pyridine rings is 2. The molecule has 0 saturated heterocycles. The number of nitrogens with zero attached hydrogens (tertiary/aromatic N) is 2. The van der Waals surface area contributed by atoms with E-state index in [0.717, 1.165) is 11.3 Å². The molecule has 140 valence electrons. The fourth-order valence-corrected chi connectivity index (χ4v) is 3.63. The first-order valence-corrected chi connectivity index (χ1v) is 9.58. The van der Waals surface area contributed by atoms with Gasteiger partial charge in [0.15, 0.2) is 0 Å². The zero-order valence-electron chi connectivity index (χ0n) is 15.1. The van der Waals surface area contributed by atoms with Gasteiger partial charge in [-0.15, -0.1) is 0 Å². The highest BCUT2D eigenvalue weighted by atomic mass is 35.5. The summed E-state index contributed by atoms with van der Waals surface area (Å²) in [7, 11) is 0. The number of H-pyrrole nitrogens is 1. The first-order valence-electron chi connectivity index (χ1n) is 8.79. The van der Waals surface area contributed by atoms with E-state index in [2.05, 4.69) is 4.98 Å². The van der Waals surface area contributed by atoms with Gasteiger partial charge in [0, 0.05) is 33.7 Å². The van der Waals surface area contributed by atoms with E-state index in [1.54, 1.807) is 18.2 Å². The van der Waals surface area contributed by atoms with Crippen molar-refractivity contribution in [2.75, 3.05) is 0 Å². The van der Waals surface area contributed by atoms with Crippen LogP contribution >= 0.6 is 23.8 Å². The maximum atomic E-state index is 12.6. The van der Waals surface area contributed by atoms with E-state index >= 15 is 0 Å². The Morgan fingerprint density at radius 1 is 0.966 bits per heavy atom. The number of nitriles is 1. The first-order chi connectivity index (χ1) is 14.1. The Balaban J connectivity index is 1.96. The summed E-state index contributed by atoms with van der Waals surface area (Å²) >= 11 is 11.7. The molecule has 4 nitrogen and oxygen atoms in total. The van der Waals surface area contributed by atoms with Crippen LogP contribution in [0.15, 0.2) is 83.8 Å². The van der Waals surface area contributed by atoms with Gasteiger partial charge < -0.3 is 9.55 Å². The van der Waals surface area contributed by atoms with E-state index in [1.165, 1.54) is 0 Å². The molecule has 4 rings (SSSR count). The number of halogens is 1. The second-order valence-electron chi connectivity index (χ2n) is 6.35. The highest BCUT2D eigenvalue weighted by Crippen LogP contribution is 2.28. The van der Waals surface area contributed by atoms with Crippen LogP contribution in [0.4, 0.5) is 0 Å². The number of nitrogens with one attached hydrogen (secondary N) is 1. The number of benzene rings is 2. The molecule has 0 aliphatic carbocycles. The third kappa shape index (κ3) is 3.64. The number of aromatic nitrogens is 2. The van der Waals surface area contributed by atoms with Gasteiger partial charge in [0.05, 0.1) is 0 Å². The van der Waals surface area contributed by atoms with Crippen molar-refractivity contribution in [2.45, 2.75) is 0 Å². The number of aromatic amines is 1. The molecular formula is C23H14ClN3OS. The van der Waals surface area contributed by atoms with Gasteiger partial charge in [-0.3, -0.25) is 4.79 Å². The van der Waals surface area contributed by atoms with Crippen molar-refractivity contribution in [3.8, 4) is 34.1 Å². The number of para-hydroxylation sites is 1. The Labute approximate surface area is 177 Å². The Morgan fingerprint density at radius 2 is 1.69 bits per heavy atom. The molecular weight excluding hydrogens is 402 g/mol. The minimum absolute atomic E-state index is 0.0274. The summed E-state index contributed by atoms with van der Waals surface area (Å²) in [4.78, 5) is 15.4. The van der Waals surface area contributed by atoms with Crippen molar-refractivity contribution in [1.29, 1.82) is 5.26 Å². The molecule has 2 aromatic carbocycles. The largest absolute Gasteiger partial charge is 0.321 e. The molecule has 0 bridgehead atoms. The van der Waals surface area contributed by atoms with Crippen LogP contribution in [0, 0.1) is 16.0 Å². The van der Waals surface area contributed by atoms with Gasteiger partial charge in [-0.1, -0.05) is 54.2 Å². The predicted octanol–water partition coefficient (Wildman–Crippen LogP) is 5.75. The third-order valence-electron chi connectivity index (χ3n) is 4.57. The third-order valence-corrected chi connectivity index (χ3v) is 5.24. The van der Waals surface area contributed by atoms with Crippen LogP contribution in [0.2, 0.25) is 5.02 Å². The zero-order chi connectivity index (χ0) is 20.4. The monoisotopic (exact) mass is 415 g/mol. The highest BCUT2D eigenvalue weighted by Gasteiger charge is 2.15. The second kappa shape index (κ2) is 7.88. The summed E-state index contributed by atoms with van der Waals surface area (Å²) in [5.74, 6) is 0. The van der Waals surface area contributed by atoms with E-state index in [4.69, 9.17) is 23.8 Å². The summed E-state index contributed by atoms with van der Waals surface area (Å²) in [6, 6.07) is 24.3. The second-order valence-corrected chi connectivity index (χ2v) is 7.18. The molecule has 1 N–H and O–H groups in total. The number of hydrogen-bond acceptors (Lipinski definition) is 3. The Hall–Kier alpha value is -3.46. The van der Waals surface area contributed by atoms with Crippen molar-refractivity contribution >= 4 is 23.8 Å². The molecule has 0 spiro atoms. The lowest BCUT2D eigenvalue weighted by molar-refractivity contribution is 1.03. The lowest BCUT2D eigenvalue weighted by atomic mass is 10.00. The maximum absolute atomic E-state index is 12.6. The van der Waals surface area contributed by atoms with Gasteiger partial charge in [-0.05, 0) is 48.0 Å². The summed E-state index contributed by atoms with van der Waals surface area (Å²) in [5, 5.41) is 10.2. The van der Waals surface area contributed by atoms with Crippen LogP contribution in [0.5, 0.6) is 0 Å². The summed E-state index contributed by atoms with van der Waals surface area (Å²) in [6.45, 7) is 0. The summed E-state index contributed by atoms with van der Waals surface area (Å²) in [5.41, 5.74) is 2.99. The van der Waals surface area contributed by atoms with E-state index < -0.39 is 5.56 Å². The fraction of sp³-hybridized carbons (Fsp3) is 0. The van der Waals surface area contributed by atoms with E-state index in [9.17, 15) is 10.1 Å². The van der Waals surface area contributed by atoms with Crippen molar-refractivity contribution in [1.82, 2.24) is 9.55 Å². The van der Waals surface area contributed by atoms with Crippen LogP contribution in [-0.2, 0) is 0 Å². The predicted molar refractivity (Wildman–Crippen MR) is 118 cm³/mol. The molecule has 6 heteroatoms. The molecule has 0 unspecified atom stereocenters. The van der Waals surface area contributed by atoms with E-state index in [0.29, 0.717) is 26.5 Å². The van der Waals surface area contributed by atoms with Gasteiger partial charge >= 0.3 is 0 Å². The van der Waals surface area contributed by atoms with E-state index in [-0.39, 0.29) is 5.56 Å². The maximum Gasteiger partial charge on any atom is 0.266 e. The molecule has 0 saturated carbocycles. The molecule has 0 atom stereocenters. The normalized spacial score (nSPS) is 10.5. The van der Waals surface area contributed by atoms with Crippen molar-refractivity contribution in [2.24, 2.45) is 0 Å². The van der Waals surface area contributed by atoms with Gasteiger partial charge in [0.2, 0.25) is 0 Å². The van der Waals surface area contributed by atoms with Crippen LogP contribution in [0.1, 0.15) is 5.56 Å². The number of hydrogen-bond donors (Lipinski definition) is 1. The lowest BCUT2D eigenvalue weighted by Crippen LogP contribution is -2.13. The number of rotatable bonds is 3. The SMILES string of the molecule is N#Cc1c(-c2cccn(-c3ccccc3)c2=S)cc(-c2ccc(Cl)cc2)[nH]c1=O. The lowest BCUT2D eigenvalue weighted by Gasteiger charge is -2.12. The first kappa shape index (κ1) is 18.9. The molecule has 0 fully saturated rings. The zero-order valence-corrected chi connectivity index (χ0v) is 16.7. The van der Waals surface area contributed by atoms with Crippen molar-refractivity contribution in [3.63, 3.8) is 0 Å². The molecule has 29 heavy (non-hydrogen) atoms. The Morgan fingerprint density at radius 3 is 2.38 bits per heavy atom. The fourth-order valence-electron chi connectivity index (χ4n) is 3.16. The van der Waals surface area contributed by atoms with Crippen LogP contribution in [0.25, 0.3) is 28.1 Å². The molecule has 2 heterocycles. The molecule has 4 aromatic rings. The van der Waals surface area contributed by atoms with Crippen LogP contribution < -0.4 is 5.56 Å². The minimum Gasteiger partial charge on any atom is -0.321 e. The average molecular weight is 416 g/mol. The molecule has 2 aromatic heterocycles. The Bertz CT molecular complexity index is 1350. The highest BCUT2D eigenvalue weighted by molar-refractivity contribution is 7.71. The van der Waals surface area contributed by atoms with E-state index in [1.807, 2.05) is 71.4 Å². The van der Waals surface area contributed by atoms with Crippen LogP contribution in [0.3, 0.4) is 0 Å². The Kier molecular flexibility index (Phi) is 5.13. The summed E-state index contributed by atoms with van der Waals surface area (Å²) < 4.78 is 2.37. The molecule has 0 aliphatic heterocycles.